The molecule has 0 rings (SSSR count). The highest BCUT2D eigenvalue weighted by Crippen LogP contribution is 2.03. The van der Waals surface area contributed by atoms with E-state index in [9.17, 15) is 4.79 Å². The number of ketones is 1. The van der Waals surface area contributed by atoms with E-state index in [1.807, 2.05) is 13.8 Å². The summed E-state index contributed by atoms with van der Waals surface area (Å²) in [5.74, 6) is 1.01. The number of carbonyl (C=O) groups excluding carboxylic acids is 1. The molecule has 0 spiro atoms. The van der Waals surface area contributed by atoms with Crippen LogP contribution in [0.5, 0.6) is 0 Å². The van der Waals surface area contributed by atoms with E-state index in [2.05, 4.69) is 13.8 Å². The van der Waals surface area contributed by atoms with Crippen molar-refractivity contribution in [2.75, 3.05) is 159 Å². The Kier molecular flexibility index (Phi) is 38.9. The first-order chi connectivity index (χ1) is 23.0. The zero-order chi connectivity index (χ0) is 34.3. The Labute approximate surface area is 284 Å². The highest BCUT2D eigenvalue weighted by atomic mass is 16.6. The zero-order valence-electron chi connectivity index (χ0n) is 30.1. The van der Waals surface area contributed by atoms with Gasteiger partial charge in [0.15, 0.2) is 0 Å². The van der Waals surface area contributed by atoms with E-state index in [0.717, 1.165) is 18.9 Å². The second-order valence-corrected chi connectivity index (χ2v) is 11.3. The molecule has 0 N–H and O–H groups in total. The number of carbonyl (C=O) groups is 1. The van der Waals surface area contributed by atoms with Gasteiger partial charge in [-0.15, -0.1) is 0 Å². The van der Waals surface area contributed by atoms with Crippen molar-refractivity contribution in [1.29, 1.82) is 0 Å². The second kappa shape index (κ2) is 39.6. The molecule has 47 heavy (non-hydrogen) atoms. The number of rotatable bonds is 41. The number of Topliss-reactive ketones (excluding diaryl/α,β-unsaturated/α-hetero) is 1. The first kappa shape index (κ1) is 46.2. The number of hydrogen-bond donors (Lipinski definition) is 0. The lowest BCUT2D eigenvalue weighted by Crippen LogP contribution is -2.15. The number of hydrogen-bond acceptors (Lipinski definition) is 13. The van der Waals surface area contributed by atoms with Crippen LogP contribution in [0.25, 0.3) is 0 Å². The highest BCUT2D eigenvalue weighted by Gasteiger charge is 2.06. The average Bonchev–Trinajstić information content (AvgIpc) is 3.05. The second-order valence-electron chi connectivity index (χ2n) is 11.3. The summed E-state index contributed by atoms with van der Waals surface area (Å²) >= 11 is 0. The van der Waals surface area contributed by atoms with Crippen molar-refractivity contribution in [2.45, 2.75) is 47.0 Å². The Balaban J connectivity index is 3.07. The summed E-state index contributed by atoms with van der Waals surface area (Å²) in [6, 6.07) is 0. The molecule has 0 saturated carbocycles. The van der Waals surface area contributed by atoms with Gasteiger partial charge in [0.25, 0.3) is 0 Å². The van der Waals surface area contributed by atoms with Gasteiger partial charge in [-0.05, 0) is 18.8 Å². The van der Waals surface area contributed by atoms with Crippen LogP contribution in [0.15, 0.2) is 0 Å². The molecule has 0 aromatic rings. The molecular weight excluding hydrogens is 616 g/mol. The van der Waals surface area contributed by atoms with Gasteiger partial charge in [0.05, 0.1) is 152 Å². The maximum atomic E-state index is 11.5. The summed E-state index contributed by atoms with van der Waals surface area (Å²) in [5.41, 5.74) is 0. The molecule has 0 bridgehead atoms. The topological polar surface area (TPSA) is 128 Å². The van der Waals surface area contributed by atoms with E-state index in [-0.39, 0.29) is 11.7 Å². The molecule has 0 aliphatic rings. The molecule has 13 nitrogen and oxygen atoms in total. The zero-order valence-corrected chi connectivity index (χ0v) is 30.1. The summed E-state index contributed by atoms with van der Waals surface area (Å²) in [4.78, 5) is 11.5. The standard InChI is InChI=1S/C34H68O13/c1-32(2)6-5-8-36-10-12-38-14-16-40-18-20-42-22-24-44-26-28-46-30-31-47-29-27-45-25-23-43-21-19-41-17-15-39-13-11-37-9-7-34(35)33(3)4/h32-33H,5-31H2,1-4H3. The van der Waals surface area contributed by atoms with Crippen molar-refractivity contribution in [2.24, 2.45) is 11.8 Å². The van der Waals surface area contributed by atoms with E-state index in [0.29, 0.717) is 158 Å². The third-order valence-corrected chi connectivity index (χ3v) is 6.30. The molecule has 282 valence electrons. The Bertz CT molecular complexity index is 611. The Morgan fingerprint density at radius 2 is 0.553 bits per heavy atom. The minimum Gasteiger partial charge on any atom is -0.379 e. The van der Waals surface area contributed by atoms with Crippen LogP contribution in [0.1, 0.15) is 47.0 Å². The van der Waals surface area contributed by atoms with Gasteiger partial charge in [-0.3, -0.25) is 4.79 Å². The van der Waals surface area contributed by atoms with Gasteiger partial charge in [-0.1, -0.05) is 27.7 Å². The molecular formula is C34H68O13. The lowest BCUT2D eigenvalue weighted by atomic mass is 10.1. The van der Waals surface area contributed by atoms with Crippen LogP contribution in [0.3, 0.4) is 0 Å². The van der Waals surface area contributed by atoms with Gasteiger partial charge in [0.1, 0.15) is 5.78 Å². The monoisotopic (exact) mass is 684 g/mol. The van der Waals surface area contributed by atoms with Crippen LogP contribution in [0.2, 0.25) is 0 Å². The van der Waals surface area contributed by atoms with Crippen molar-refractivity contribution in [3.05, 3.63) is 0 Å². The van der Waals surface area contributed by atoms with Gasteiger partial charge < -0.3 is 56.8 Å². The molecule has 0 fully saturated rings. The molecule has 0 aliphatic carbocycles. The molecule has 0 atom stereocenters. The maximum Gasteiger partial charge on any atom is 0.137 e. The molecule has 0 unspecified atom stereocenters. The van der Waals surface area contributed by atoms with Crippen molar-refractivity contribution in [1.82, 2.24) is 0 Å². The van der Waals surface area contributed by atoms with Crippen LogP contribution in [0.4, 0.5) is 0 Å². The number of ether oxygens (including phenoxy) is 12. The SMILES string of the molecule is CC(C)CCCOCCOCCOCCOCCOCCOCCOCCOCCOCCOCCOCCOCCC(=O)C(C)C. The highest BCUT2D eigenvalue weighted by molar-refractivity contribution is 5.80. The molecule has 0 heterocycles. The van der Waals surface area contributed by atoms with Crippen LogP contribution >= 0.6 is 0 Å². The first-order valence-electron chi connectivity index (χ1n) is 17.5. The molecule has 0 aromatic heterocycles. The summed E-state index contributed by atoms with van der Waals surface area (Å²) in [5, 5.41) is 0. The molecule has 0 aliphatic heterocycles. The summed E-state index contributed by atoms with van der Waals surface area (Å²) in [7, 11) is 0. The molecule has 13 heteroatoms. The Morgan fingerprint density at radius 3 is 0.766 bits per heavy atom. The summed E-state index contributed by atoms with van der Waals surface area (Å²) < 4.78 is 65.6. The van der Waals surface area contributed by atoms with Crippen LogP contribution < -0.4 is 0 Å². The largest absolute Gasteiger partial charge is 0.379 e. The molecule has 0 saturated heterocycles. The lowest BCUT2D eigenvalue weighted by Gasteiger charge is -2.09. The van der Waals surface area contributed by atoms with E-state index in [4.69, 9.17) is 56.8 Å². The van der Waals surface area contributed by atoms with Crippen molar-refractivity contribution in [3.8, 4) is 0 Å². The predicted octanol–water partition coefficient (Wildman–Crippen LogP) is 3.24. The van der Waals surface area contributed by atoms with Crippen molar-refractivity contribution >= 4 is 5.78 Å². The van der Waals surface area contributed by atoms with E-state index in [1.54, 1.807) is 0 Å². The van der Waals surface area contributed by atoms with E-state index < -0.39 is 0 Å². The fourth-order valence-corrected chi connectivity index (χ4v) is 3.58. The Morgan fingerprint density at radius 1 is 0.340 bits per heavy atom. The van der Waals surface area contributed by atoms with Gasteiger partial charge in [-0.25, -0.2) is 0 Å². The Hall–Kier alpha value is -0.810. The van der Waals surface area contributed by atoms with E-state index >= 15 is 0 Å². The van der Waals surface area contributed by atoms with Gasteiger partial charge >= 0.3 is 0 Å². The normalized spacial score (nSPS) is 11.8. The third kappa shape index (κ3) is 41.3. The molecule has 0 amide bonds. The summed E-state index contributed by atoms with van der Waals surface area (Å²) in [6.45, 7) is 21.0. The quantitative estimate of drug-likeness (QED) is 0.0876. The minimum absolute atomic E-state index is 0.0605. The van der Waals surface area contributed by atoms with Gasteiger partial charge in [0, 0.05) is 18.9 Å². The van der Waals surface area contributed by atoms with Crippen LogP contribution in [-0.2, 0) is 61.6 Å². The van der Waals surface area contributed by atoms with Crippen LogP contribution in [0, 0.1) is 11.8 Å². The first-order valence-corrected chi connectivity index (χ1v) is 17.5. The van der Waals surface area contributed by atoms with Crippen molar-refractivity contribution < 1.29 is 61.6 Å². The van der Waals surface area contributed by atoms with Crippen molar-refractivity contribution in [3.63, 3.8) is 0 Å². The fraction of sp³-hybridized carbons (Fsp3) is 0.971. The average molecular weight is 685 g/mol. The smallest absolute Gasteiger partial charge is 0.137 e. The third-order valence-electron chi connectivity index (χ3n) is 6.30. The maximum absolute atomic E-state index is 11.5. The lowest BCUT2D eigenvalue weighted by molar-refractivity contribution is -0.123. The molecule has 0 radical (unpaired) electrons. The predicted molar refractivity (Wildman–Crippen MR) is 178 cm³/mol. The minimum atomic E-state index is 0.0605. The fourth-order valence-electron chi connectivity index (χ4n) is 3.58. The van der Waals surface area contributed by atoms with Gasteiger partial charge in [-0.2, -0.15) is 0 Å². The summed E-state index contributed by atoms with van der Waals surface area (Å²) in [6.07, 6.45) is 2.76. The van der Waals surface area contributed by atoms with Gasteiger partial charge in [0.2, 0.25) is 0 Å². The van der Waals surface area contributed by atoms with E-state index in [1.165, 1.54) is 6.42 Å². The van der Waals surface area contributed by atoms with Crippen LogP contribution in [-0.4, -0.2) is 164 Å². The molecule has 0 aromatic carbocycles.